The fraction of sp³-hybridized carbons (Fsp3) is 0.375. The minimum Gasteiger partial charge on any atom is -0.493 e. The van der Waals surface area contributed by atoms with Crippen molar-refractivity contribution in [3.8, 4) is 11.5 Å². The van der Waals surface area contributed by atoms with Crippen molar-refractivity contribution in [3.63, 3.8) is 0 Å². The molecule has 2 aliphatic heterocycles. The van der Waals surface area contributed by atoms with Crippen LogP contribution in [0.5, 0.6) is 11.5 Å². The highest BCUT2D eigenvalue weighted by Gasteiger charge is 2.19. The summed E-state index contributed by atoms with van der Waals surface area (Å²) in [4.78, 5) is 12.9. The first-order chi connectivity index (χ1) is 29.6. The highest BCUT2D eigenvalue weighted by Crippen LogP contribution is 2.28. The van der Waals surface area contributed by atoms with E-state index in [2.05, 4.69) is 67.2 Å². The van der Waals surface area contributed by atoms with Crippen molar-refractivity contribution in [3.05, 3.63) is 124 Å². The summed E-state index contributed by atoms with van der Waals surface area (Å²) in [5, 5.41) is 26.7. The molecule has 0 bridgehead atoms. The molecule has 0 amide bonds. The van der Waals surface area contributed by atoms with E-state index in [-0.39, 0.29) is 13.2 Å². The predicted molar refractivity (Wildman–Crippen MR) is 251 cm³/mol. The number of nitrogens with zero attached hydrogens (tertiary/aromatic N) is 4. The Bertz CT molecular complexity index is 2310. The molecule has 6 aromatic rings. The summed E-state index contributed by atoms with van der Waals surface area (Å²) in [6.07, 6.45) is 8.16. The van der Waals surface area contributed by atoms with Gasteiger partial charge < -0.3 is 52.0 Å². The number of anilines is 3. The second-order valence-electron chi connectivity index (χ2n) is 16.1. The molecule has 4 aromatic carbocycles. The van der Waals surface area contributed by atoms with Gasteiger partial charge in [0.2, 0.25) is 0 Å². The van der Waals surface area contributed by atoms with Crippen molar-refractivity contribution >= 4 is 54.8 Å². The average Bonchev–Trinajstić information content (AvgIpc) is 3.28. The molecule has 2 aromatic heterocycles. The van der Waals surface area contributed by atoms with Gasteiger partial charge >= 0.3 is 0 Å². The van der Waals surface area contributed by atoms with Gasteiger partial charge in [-0.1, -0.05) is 40.2 Å². The number of fused-ring (bicyclic) bond motifs is 2. The molecule has 0 radical (unpaired) electrons. The Morgan fingerprint density at radius 1 is 0.656 bits per heavy atom. The Hall–Kier alpha value is -5.02. The normalized spacial score (nSPS) is 15.1. The Labute approximate surface area is 368 Å². The highest BCUT2D eigenvalue weighted by atomic mass is 79.9. The number of nitrogens with one attached hydrogen (secondary N) is 1. The van der Waals surface area contributed by atoms with E-state index in [1.54, 1.807) is 12.4 Å². The topological polar surface area (TPSA) is 181 Å². The third-order valence-corrected chi connectivity index (χ3v) is 12.0. The van der Waals surface area contributed by atoms with Crippen molar-refractivity contribution in [1.29, 1.82) is 0 Å². The van der Waals surface area contributed by atoms with Crippen LogP contribution in [0.2, 0.25) is 0 Å². The molecule has 0 atom stereocenters. The number of aliphatic hydroxyl groups excluding tert-OH is 2. The first kappa shape index (κ1) is 45.5. The molecule has 12 nitrogen and oxygen atoms in total. The Morgan fingerprint density at radius 3 is 1.67 bits per heavy atom. The number of ether oxygens (including phenoxy) is 2. The smallest absolute Gasteiger partial charge is 0.131 e. The molecule has 0 aliphatic carbocycles. The van der Waals surface area contributed by atoms with Gasteiger partial charge in [0.05, 0.1) is 26.4 Å². The van der Waals surface area contributed by atoms with E-state index >= 15 is 0 Å². The van der Waals surface area contributed by atoms with Gasteiger partial charge in [-0.2, -0.15) is 0 Å². The van der Waals surface area contributed by atoms with Gasteiger partial charge in [-0.3, -0.25) is 0 Å². The first-order valence-corrected chi connectivity index (χ1v) is 21.9. The molecular weight excluding hydrogens is 832 g/mol. The number of nitrogen functional groups attached to an aromatic ring is 2. The Morgan fingerprint density at radius 2 is 1.15 bits per heavy atom. The van der Waals surface area contributed by atoms with Gasteiger partial charge in [0.25, 0.3) is 0 Å². The molecule has 324 valence electrons. The van der Waals surface area contributed by atoms with E-state index in [4.69, 9.17) is 26.7 Å². The number of nitrogens with two attached hydrogens (primary N) is 3. The van der Waals surface area contributed by atoms with Crippen LogP contribution in [0.25, 0.3) is 21.5 Å². The predicted octanol–water partition coefficient (Wildman–Crippen LogP) is 7.58. The quantitative estimate of drug-likeness (QED) is 0.0710. The minimum atomic E-state index is -0.0412. The second-order valence-corrected chi connectivity index (χ2v) is 17.0. The van der Waals surface area contributed by atoms with E-state index in [9.17, 15) is 10.2 Å². The van der Waals surface area contributed by atoms with Gasteiger partial charge in [-0.05, 0) is 160 Å². The van der Waals surface area contributed by atoms with Gasteiger partial charge in [-0.15, -0.1) is 0 Å². The fourth-order valence-electron chi connectivity index (χ4n) is 7.58. The summed E-state index contributed by atoms with van der Waals surface area (Å²) in [5.74, 6) is 3.92. The van der Waals surface area contributed by atoms with Crippen LogP contribution in [0.1, 0.15) is 47.9 Å². The second kappa shape index (κ2) is 22.7. The number of aliphatic hydroxyl groups is 2. The summed E-state index contributed by atoms with van der Waals surface area (Å²) in [5.41, 5.74) is 22.0. The van der Waals surface area contributed by atoms with Crippen molar-refractivity contribution in [2.75, 3.05) is 70.3 Å². The zero-order valence-electron chi connectivity index (χ0n) is 35.4. The number of rotatable bonds is 12. The van der Waals surface area contributed by atoms with E-state index < -0.39 is 0 Å². The summed E-state index contributed by atoms with van der Waals surface area (Å²) < 4.78 is 12.9. The van der Waals surface area contributed by atoms with Crippen LogP contribution in [0.3, 0.4) is 0 Å². The summed E-state index contributed by atoms with van der Waals surface area (Å²) in [6, 6.07) is 27.7. The van der Waals surface area contributed by atoms with Crippen molar-refractivity contribution in [2.24, 2.45) is 17.6 Å². The first-order valence-electron chi connectivity index (χ1n) is 21.1. The minimum absolute atomic E-state index is 0.0160. The molecule has 4 heterocycles. The Kier molecular flexibility index (Phi) is 16.9. The number of aromatic nitrogens is 2. The molecule has 9 N–H and O–H groups in total. The molecule has 13 heteroatoms. The average molecular weight is 894 g/mol. The third kappa shape index (κ3) is 13.2. The monoisotopic (exact) mass is 892 g/mol. The van der Waals surface area contributed by atoms with E-state index in [0.29, 0.717) is 43.2 Å². The van der Waals surface area contributed by atoms with Crippen LogP contribution in [0.15, 0.2) is 102 Å². The molecule has 0 spiro atoms. The molecule has 2 aliphatic rings. The van der Waals surface area contributed by atoms with Crippen LogP contribution < -0.4 is 32.0 Å². The summed E-state index contributed by atoms with van der Waals surface area (Å²) in [6.45, 7) is 7.23. The van der Waals surface area contributed by atoms with E-state index in [1.165, 1.54) is 12.8 Å². The summed E-state index contributed by atoms with van der Waals surface area (Å²) in [7, 11) is 4.33. The molecule has 8 rings (SSSR count). The Balaban J connectivity index is 0.000000170. The van der Waals surface area contributed by atoms with Crippen LogP contribution in [0.4, 0.5) is 17.3 Å². The van der Waals surface area contributed by atoms with Gasteiger partial charge in [0.1, 0.15) is 23.1 Å². The molecule has 2 fully saturated rings. The lowest BCUT2D eigenvalue weighted by Crippen LogP contribution is -2.32. The van der Waals surface area contributed by atoms with Crippen molar-refractivity contribution in [2.45, 2.75) is 52.0 Å². The van der Waals surface area contributed by atoms with Crippen LogP contribution in [0, 0.1) is 11.8 Å². The van der Waals surface area contributed by atoms with E-state index in [0.717, 1.165) is 111 Å². The zero-order chi connectivity index (χ0) is 43.1. The maximum Gasteiger partial charge on any atom is 0.131 e. The number of pyridine rings is 2. The molecule has 0 saturated carbocycles. The SMILES string of the molecule is CN1CCC(COc2ccc(Br)cc2CO)CC1.CN1CCC(COc2ccc(NCc3ccc4c(N)nccc4c3)cc2CO)CC1.NCc1ccc2c(N)nccc2c1. The number of hydrogen-bond donors (Lipinski definition) is 6. The largest absolute Gasteiger partial charge is 0.493 e. The lowest BCUT2D eigenvalue weighted by atomic mass is 9.98. The van der Waals surface area contributed by atoms with Gasteiger partial charge in [-0.25, -0.2) is 9.97 Å². The van der Waals surface area contributed by atoms with Crippen LogP contribution in [-0.4, -0.2) is 83.5 Å². The third-order valence-electron chi connectivity index (χ3n) is 11.5. The number of hydrogen-bond acceptors (Lipinski definition) is 12. The van der Waals surface area contributed by atoms with Crippen LogP contribution >= 0.6 is 15.9 Å². The maximum atomic E-state index is 9.81. The van der Waals surface area contributed by atoms with Gasteiger partial charge in [0, 0.05) is 57.5 Å². The van der Waals surface area contributed by atoms with Crippen molar-refractivity contribution in [1.82, 2.24) is 19.8 Å². The standard InChI is InChI=1S/C24H30N4O2.C14H20BrNO2.C10H11N3/c1-28-10-7-17(8-11-28)16-30-23-5-3-21(13-20(23)15-29)27-14-18-2-4-22-19(12-18)6-9-26-24(22)25;1-16-6-4-11(5-7-16)10-18-14-3-2-13(15)8-12(14)9-17;11-6-7-1-2-9-8(5-7)3-4-13-10(9)12/h2-6,9,12-13,17,27,29H,7-8,10-11,14-16H2,1H3,(H2,25,26);2-3,8,11,17H,4-7,9-10H2,1H3;1-5H,6,11H2,(H2,12,13). The number of benzene rings is 4. The van der Waals surface area contributed by atoms with Gasteiger partial charge in [0.15, 0.2) is 0 Å². The van der Waals surface area contributed by atoms with E-state index in [1.807, 2.05) is 72.8 Å². The zero-order valence-corrected chi connectivity index (χ0v) is 37.0. The van der Waals surface area contributed by atoms with Crippen LogP contribution in [-0.2, 0) is 26.3 Å². The number of piperidine rings is 2. The molecule has 61 heavy (non-hydrogen) atoms. The number of likely N-dealkylation sites (tertiary alicyclic amines) is 2. The lowest BCUT2D eigenvalue weighted by Gasteiger charge is -2.29. The maximum absolute atomic E-state index is 9.81. The fourth-order valence-corrected chi connectivity index (χ4v) is 7.99. The highest BCUT2D eigenvalue weighted by molar-refractivity contribution is 9.10. The van der Waals surface area contributed by atoms with Crippen molar-refractivity contribution < 1.29 is 19.7 Å². The molecule has 2 saturated heterocycles. The lowest BCUT2D eigenvalue weighted by molar-refractivity contribution is 0.157. The summed E-state index contributed by atoms with van der Waals surface area (Å²) >= 11 is 3.40. The number of halogens is 1. The molecule has 0 unspecified atom stereocenters. The molecular formula is C48H61BrN8O4.